The summed E-state index contributed by atoms with van der Waals surface area (Å²) < 4.78 is 35.2. The molecule has 1 N–H and O–H groups in total. The molecule has 2 fully saturated rings. The molecule has 2 aromatic carbocycles. The zero-order valence-corrected chi connectivity index (χ0v) is 19.8. The van der Waals surface area contributed by atoms with Crippen molar-refractivity contribution >= 4 is 23.9 Å². The first kappa shape index (κ1) is 27.7. The molecule has 0 bridgehead atoms. The third-order valence-electron chi connectivity index (χ3n) is 4.76. The molecule has 12 heteroatoms. The van der Waals surface area contributed by atoms with Crippen molar-refractivity contribution in [2.45, 2.75) is 31.9 Å². The average molecular weight is 518 g/mol. The van der Waals surface area contributed by atoms with Crippen LogP contribution in [0.5, 0.6) is 0 Å². The van der Waals surface area contributed by atoms with Gasteiger partial charge in [-0.15, -0.1) is 0 Å². The summed E-state index contributed by atoms with van der Waals surface area (Å²) in [5, 5.41) is 8.67. The second kappa shape index (κ2) is 14.0. The summed E-state index contributed by atoms with van der Waals surface area (Å²) in [7, 11) is 0. The van der Waals surface area contributed by atoms with E-state index in [2.05, 4.69) is 0 Å². The highest BCUT2D eigenvalue weighted by Crippen LogP contribution is 2.14. The Morgan fingerprint density at radius 2 is 1.27 bits per heavy atom. The summed E-state index contributed by atoms with van der Waals surface area (Å²) in [5.74, 6) is -2.49. The molecule has 2 heterocycles. The second-order valence-electron chi connectivity index (χ2n) is 7.59. The maximum atomic E-state index is 11.6. The molecule has 0 aromatic heterocycles. The van der Waals surface area contributed by atoms with Crippen LogP contribution in [0.15, 0.2) is 60.7 Å². The van der Waals surface area contributed by atoms with E-state index in [-0.39, 0.29) is 26.4 Å². The molecular weight excluding hydrogens is 492 g/mol. The number of carboxylic acids is 1. The Bertz CT molecular complexity index is 1040. The van der Waals surface area contributed by atoms with Crippen LogP contribution in [0.1, 0.15) is 27.6 Å². The van der Waals surface area contributed by atoms with Gasteiger partial charge in [-0.2, -0.15) is 0 Å². The van der Waals surface area contributed by atoms with Crippen LogP contribution in [-0.2, 0) is 42.7 Å². The lowest BCUT2D eigenvalue weighted by Crippen LogP contribution is -2.25. The molecule has 0 radical (unpaired) electrons. The Hall–Kier alpha value is -3.84. The Morgan fingerprint density at radius 1 is 0.784 bits per heavy atom. The van der Waals surface area contributed by atoms with Gasteiger partial charge in [0.05, 0.1) is 17.7 Å². The van der Waals surface area contributed by atoms with Gasteiger partial charge in [-0.3, -0.25) is 4.79 Å². The highest BCUT2D eigenvalue weighted by molar-refractivity contribution is 5.89. The van der Waals surface area contributed by atoms with Gasteiger partial charge in [-0.25, -0.2) is 14.4 Å². The molecule has 4 atom stereocenters. The maximum Gasteiger partial charge on any atom is 0.338 e. The third kappa shape index (κ3) is 9.28. The third-order valence-corrected chi connectivity index (χ3v) is 4.76. The van der Waals surface area contributed by atoms with E-state index in [1.165, 1.54) is 6.92 Å². The molecule has 2 aliphatic heterocycles. The number of carboxylic acid groups (broad SMARTS) is 1. The van der Waals surface area contributed by atoms with Gasteiger partial charge in [-0.1, -0.05) is 36.4 Å². The molecule has 0 saturated carbocycles. The number of rotatable bonds is 8. The first-order valence-corrected chi connectivity index (χ1v) is 11.2. The molecule has 0 spiro atoms. The van der Waals surface area contributed by atoms with E-state index in [1.54, 1.807) is 54.6 Å². The summed E-state index contributed by atoms with van der Waals surface area (Å²) in [6.07, 6.45) is -3.26. The number of hydrogen-bond acceptors (Lipinski definition) is 11. The highest BCUT2D eigenvalue weighted by Gasteiger charge is 2.32. The Labute approximate surface area is 211 Å². The first-order valence-electron chi connectivity index (χ1n) is 11.2. The van der Waals surface area contributed by atoms with Crippen molar-refractivity contribution in [1.29, 1.82) is 0 Å². The zero-order valence-electron chi connectivity index (χ0n) is 19.8. The normalized spacial score (nSPS) is 22.3. The van der Waals surface area contributed by atoms with Crippen LogP contribution in [0.4, 0.5) is 0 Å². The van der Waals surface area contributed by atoms with Crippen molar-refractivity contribution in [3.8, 4) is 0 Å². The van der Waals surface area contributed by atoms with Crippen LogP contribution in [0.2, 0.25) is 0 Å². The Balaban J connectivity index is 0.000000206. The summed E-state index contributed by atoms with van der Waals surface area (Å²) in [4.78, 5) is 44.5. The minimum Gasteiger partial charge on any atom is -0.479 e. The lowest BCUT2D eigenvalue weighted by Gasteiger charge is -2.11. The van der Waals surface area contributed by atoms with Crippen molar-refractivity contribution in [2.75, 3.05) is 26.4 Å². The van der Waals surface area contributed by atoms with Crippen LogP contribution < -0.4 is 0 Å². The molecule has 0 amide bonds. The van der Waals surface area contributed by atoms with Crippen LogP contribution >= 0.6 is 0 Å². The Kier molecular flexibility index (Phi) is 10.5. The molecule has 12 nitrogen and oxygen atoms in total. The minimum absolute atomic E-state index is 0.0388. The van der Waals surface area contributed by atoms with E-state index in [4.69, 9.17) is 38.3 Å². The fourth-order valence-corrected chi connectivity index (χ4v) is 3.04. The standard InChI is InChI=1S/C13H14O6.C12H12O6/c1-9(14)18-12-8-16-11(19-12)7-17-13(15)10-5-3-2-4-6-10;13-11(14)9-6-16-10(18-9)7-17-12(15)8-4-2-1-3-5-8/h2-6,11-12H,7-8H2,1H3;1-5,9-10H,6-7H2,(H,13,14)/t11-,12?;9-,10-/m11/s1. The van der Waals surface area contributed by atoms with Crippen molar-refractivity contribution in [3.05, 3.63) is 71.8 Å². The number of esters is 3. The number of carbonyl (C=O) groups is 4. The summed E-state index contributed by atoms with van der Waals surface area (Å²) in [6.45, 7) is 1.20. The number of hydrogen-bond donors (Lipinski definition) is 1. The molecule has 2 saturated heterocycles. The van der Waals surface area contributed by atoms with Crippen molar-refractivity contribution in [2.24, 2.45) is 0 Å². The van der Waals surface area contributed by atoms with Crippen LogP contribution in [-0.4, -0.2) is 80.4 Å². The number of carbonyl (C=O) groups excluding carboxylic acids is 3. The topological polar surface area (TPSA) is 153 Å². The van der Waals surface area contributed by atoms with Crippen molar-refractivity contribution in [3.63, 3.8) is 0 Å². The van der Waals surface area contributed by atoms with Gasteiger partial charge in [-0.05, 0) is 24.3 Å². The van der Waals surface area contributed by atoms with Gasteiger partial charge in [0, 0.05) is 6.92 Å². The lowest BCUT2D eigenvalue weighted by atomic mass is 10.2. The molecular formula is C25H26O12. The lowest BCUT2D eigenvalue weighted by molar-refractivity contribution is -0.177. The van der Waals surface area contributed by atoms with E-state index >= 15 is 0 Å². The van der Waals surface area contributed by atoms with Gasteiger partial charge in [0.15, 0.2) is 18.7 Å². The number of benzene rings is 2. The van der Waals surface area contributed by atoms with Crippen molar-refractivity contribution < 1.29 is 57.4 Å². The van der Waals surface area contributed by atoms with Crippen molar-refractivity contribution in [1.82, 2.24) is 0 Å². The SMILES string of the molecule is CC(=O)OC1CO[C@@H](COC(=O)c2ccccc2)O1.O=C(OC[C@@H]1OC[C@H](C(=O)O)O1)c1ccccc1. The van der Waals surface area contributed by atoms with E-state index < -0.39 is 48.9 Å². The largest absolute Gasteiger partial charge is 0.479 e. The minimum atomic E-state index is -1.09. The van der Waals surface area contributed by atoms with Gasteiger partial charge in [0.1, 0.15) is 19.8 Å². The molecule has 2 aromatic rings. The van der Waals surface area contributed by atoms with Gasteiger partial charge >= 0.3 is 23.9 Å². The molecule has 0 aliphatic carbocycles. The molecule has 37 heavy (non-hydrogen) atoms. The summed E-state index contributed by atoms with van der Waals surface area (Å²) >= 11 is 0. The summed E-state index contributed by atoms with van der Waals surface area (Å²) in [5.41, 5.74) is 0.877. The van der Waals surface area contributed by atoms with Gasteiger partial charge < -0.3 is 38.3 Å². The van der Waals surface area contributed by atoms with E-state index in [0.717, 1.165) is 0 Å². The van der Waals surface area contributed by atoms with Crippen LogP contribution in [0, 0.1) is 0 Å². The fraction of sp³-hybridized carbons (Fsp3) is 0.360. The number of ether oxygens (including phenoxy) is 7. The zero-order chi connectivity index (χ0) is 26.6. The Morgan fingerprint density at radius 3 is 1.73 bits per heavy atom. The molecule has 4 rings (SSSR count). The predicted octanol–water partition coefficient (Wildman–Crippen LogP) is 1.77. The monoisotopic (exact) mass is 518 g/mol. The smallest absolute Gasteiger partial charge is 0.338 e. The van der Waals surface area contributed by atoms with E-state index in [1.807, 2.05) is 6.07 Å². The van der Waals surface area contributed by atoms with Gasteiger partial charge in [0.25, 0.3) is 0 Å². The second-order valence-corrected chi connectivity index (χ2v) is 7.59. The predicted molar refractivity (Wildman–Crippen MR) is 122 cm³/mol. The maximum absolute atomic E-state index is 11.6. The van der Waals surface area contributed by atoms with Crippen LogP contribution in [0.3, 0.4) is 0 Å². The average Bonchev–Trinajstić information content (AvgIpc) is 3.57. The summed E-state index contributed by atoms with van der Waals surface area (Å²) in [6, 6.07) is 17.1. The quantitative estimate of drug-likeness (QED) is 0.400. The first-order chi connectivity index (χ1) is 17.8. The van der Waals surface area contributed by atoms with Crippen LogP contribution in [0.25, 0.3) is 0 Å². The van der Waals surface area contributed by atoms with Gasteiger partial charge in [0.2, 0.25) is 6.29 Å². The highest BCUT2D eigenvalue weighted by atomic mass is 16.8. The fourth-order valence-electron chi connectivity index (χ4n) is 3.04. The molecule has 1 unspecified atom stereocenters. The molecule has 2 aliphatic rings. The number of aliphatic carboxylic acids is 1. The van der Waals surface area contributed by atoms with E-state index in [9.17, 15) is 19.2 Å². The molecule has 198 valence electrons. The van der Waals surface area contributed by atoms with E-state index in [0.29, 0.717) is 11.1 Å².